The molecule has 0 bridgehead atoms. The number of aryl methyl sites for hydroxylation is 1. The van der Waals surface area contributed by atoms with Gasteiger partial charge in [0, 0.05) is 25.7 Å². The Morgan fingerprint density at radius 3 is 2.44 bits per heavy atom. The molecule has 4 nitrogen and oxygen atoms in total. The maximum atomic E-state index is 9.18. The molecule has 0 spiro atoms. The van der Waals surface area contributed by atoms with Crippen molar-refractivity contribution in [1.82, 2.24) is 10.6 Å². The molecule has 5 heteroatoms. The minimum Gasteiger partial charge on any atom is -0.396 e. The molecule has 0 amide bonds. The zero-order valence-corrected chi connectivity index (χ0v) is 18.3. The van der Waals surface area contributed by atoms with Crippen LogP contribution in [-0.2, 0) is 6.42 Å². The largest absolute Gasteiger partial charge is 0.396 e. The van der Waals surface area contributed by atoms with E-state index in [9.17, 15) is 5.11 Å². The molecule has 0 saturated carbocycles. The summed E-state index contributed by atoms with van der Waals surface area (Å²) in [4.78, 5) is 4.73. The maximum absolute atomic E-state index is 9.18. The number of halogens is 1. The Kier molecular flexibility index (Phi) is 14.9. The summed E-state index contributed by atoms with van der Waals surface area (Å²) in [7, 11) is 0. The molecule has 0 fully saturated rings. The first-order valence-corrected chi connectivity index (χ1v) is 9.39. The molecule has 0 heterocycles. The standard InChI is InChI=1S/C20H35N3O.HI/c1-4-9-19(14-15-24)16-22-20(21-5-2)23-17(3)12-13-18-10-7-6-8-11-18;/h6-8,10-11,17,19,24H,4-5,9,12-16H2,1-3H3,(H2,21,22,23);1H. The van der Waals surface area contributed by atoms with Crippen LogP contribution in [0, 0.1) is 5.92 Å². The Balaban J connectivity index is 0.00000576. The third kappa shape index (κ3) is 11.4. The third-order valence-electron chi connectivity index (χ3n) is 4.18. The number of guanidine groups is 1. The minimum atomic E-state index is 0. The average molecular weight is 461 g/mol. The maximum Gasteiger partial charge on any atom is 0.191 e. The number of benzene rings is 1. The van der Waals surface area contributed by atoms with Crippen LogP contribution in [0.2, 0.25) is 0 Å². The van der Waals surface area contributed by atoms with E-state index in [1.54, 1.807) is 0 Å². The molecule has 1 rings (SSSR count). The van der Waals surface area contributed by atoms with Gasteiger partial charge in [-0.25, -0.2) is 0 Å². The van der Waals surface area contributed by atoms with Crippen molar-refractivity contribution in [2.45, 2.75) is 58.9 Å². The van der Waals surface area contributed by atoms with Gasteiger partial charge in [0.25, 0.3) is 0 Å². The molecule has 1 aromatic rings. The van der Waals surface area contributed by atoms with Gasteiger partial charge in [0.1, 0.15) is 0 Å². The summed E-state index contributed by atoms with van der Waals surface area (Å²) in [6.07, 6.45) is 5.23. The molecule has 1 aromatic carbocycles. The zero-order chi connectivity index (χ0) is 17.6. The Morgan fingerprint density at radius 2 is 1.84 bits per heavy atom. The van der Waals surface area contributed by atoms with E-state index in [0.29, 0.717) is 12.0 Å². The van der Waals surface area contributed by atoms with Crippen LogP contribution in [0.3, 0.4) is 0 Å². The topological polar surface area (TPSA) is 56.7 Å². The summed E-state index contributed by atoms with van der Waals surface area (Å²) in [5, 5.41) is 16.0. The fraction of sp³-hybridized carbons (Fsp3) is 0.650. The number of hydrogen-bond acceptors (Lipinski definition) is 2. The van der Waals surface area contributed by atoms with Gasteiger partial charge in [-0.05, 0) is 51.0 Å². The normalized spacial score (nSPS) is 13.7. The van der Waals surface area contributed by atoms with Gasteiger partial charge < -0.3 is 15.7 Å². The number of aliphatic imine (C=N–C) groups is 1. The van der Waals surface area contributed by atoms with Crippen LogP contribution in [0.5, 0.6) is 0 Å². The lowest BCUT2D eigenvalue weighted by molar-refractivity contribution is 0.253. The van der Waals surface area contributed by atoms with E-state index >= 15 is 0 Å². The second-order valence-electron chi connectivity index (χ2n) is 6.46. The number of nitrogens with zero attached hydrogens (tertiary/aromatic N) is 1. The quantitative estimate of drug-likeness (QED) is 0.266. The SMILES string of the molecule is CCCC(CCO)CN=C(NCC)NC(C)CCc1ccccc1.I. The van der Waals surface area contributed by atoms with E-state index < -0.39 is 0 Å². The first kappa shape index (κ1) is 24.2. The summed E-state index contributed by atoms with van der Waals surface area (Å²) in [5.74, 6) is 1.35. The van der Waals surface area contributed by atoms with Crippen molar-refractivity contribution in [1.29, 1.82) is 0 Å². The molecule has 0 aliphatic carbocycles. The number of nitrogens with one attached hydrogen (secondary N) is 2. The van der Waals surface area contributed by atoms with Crippen LogP contribution in [-0.4, -0.2) is 36.8 Å². The lowest BCUT2D eigenvalue weighted by atomic mass is 10.0. The minimum absolute atomic E-state index is 0. The zero-order valence-electron chi connectivity index (χ0n) is 16.0. The summed E-state index contributed by atoms with van der Waals surface area (Å²) < 4.78 is 0. The monoisotopic (exact) mass is 461 g/mol. The van der Waals surface area contributed by atoms with Gasteiger partial charge in [0.2, 0.25) is 0 Å². The first-order valence-electron chi connectivity index (χ1n) is 9.39. The van der Waals surface area contributed by atoms with Crippen LogP contribution in [0.4, 0.5) is 0 Å². The van der Waals surface area contributed by atoms with Gasteiger partial charge >= 0.3 is 0 Å². The molecule has 3 N–H and O–H groups in total. The van der Waals surface area contributed by atoms with E-state index in [0.717, 1.165) is 51.2 Å². The first-order chi connectivity index (χ1) is 11.7. The van der Waals surface area contributed by atoms with Crippen molar-refractivity contribution in [2.75, 3.05) is 19.7 Å². The Hall–Kier alpha value is -0.820. The molecular weight excluding hydrogens is 425 g/mol. The van der Waals surface area contributed by atoms with E-state index in [2.05, 4.69) is 61.7 Å². The average Bonchev–Trinajstić information content (AvgIpc) is 2.59. The third-order valence-corrected chi connectivity index (χ3v) is 4.18. The highest BCUT2D eigenvalue weighted by atomic mass is 127. The second-order valence-corrected chi connectivity index (χ2v) is 6.46. The van der Waals surface area contributed by atoms with Crippen molar-refractivity contribution >= 4 is 29.9 Å². The van der Waals surface area contributed by atoms with Crippen LogP contribution >= 0.6 is 24.0 Å². The summed E-state index contributed by atoms with van der Waals surface area (Å²) in [5.41, 5.74) is 1.37. The van der Waals surface area contributed by atoms with Crippen molar-refractivity contribution in [3.8, 4) is 0 Å². The van der Waals surface area contributed by atoms with Crippen molar-refractivity contribution in [2.24, 2.45) is 10.9 Å². The van der Waals surface area contributed by atoms with Gasteiger partial charge in [0.15, 0.2) is 5.96 Å². The molecule has 0 aromatic heterocycles. The Labute approximate surface area is 170 Å². The Morgan fingerprint density at radius 1 is 1.12 bits per heavy atom. The highest BCUT2D eigenvalue weighted by Gasteiger charge is 2.09. The van der Waals surface area contributed by atoms with Gasteiger partial charge in [-0.1, -0.05) is 43.7 Å². The molecule has 2 atom stereocenters. The Bertz CT molecular complexity index is 448. The molecule has 144 valence electrons. The van der Waals surface area contributed by atoms with E-state index in [1.807, 2.05) is 0 Å². The number of rotatable bonds is 11. The van der Waals surface area contributed by atoms with Gasteiger partial charge in [-0.15, -0.1) is 24.0 Å². The summed E-state index contributed by atoms with van der Waals surface area (Å²) >= 11 is 0. The van der Waals surface area contributed by atoms with Crippen LogP contribution in [0.25, 0.3) is 0 Å². The molecule has 2 unspecified atom stereocenters. The molecule has 0 aliphatic rings. The highest BCUT2D eigenvalue weighted by Crippen LogP contribution is 2.11. The molecule has 25 heavy (non-hydrogen) atoms. The van der Waals surface area contributed by atoms with E-state index in [-0.39, 0.29) is 30.6 Å². The van der Waals surface area contributed by atoms with Crippen molar-refractivity contribution in [3.05, 3.63) is 35.9 Å². The van der Waals surface area contributed by atoms with Crippen molar-refractivity contribution in [3.63, 3.8) is 0 Å². The van der Waals surface area contributed by atoms with Gasteiger partial charge in [-0.2, -0.15) is 0 Å². The summed E-state index contributed by atoms with van der Waals surface area (Å²) in [6.45, 7) is 8.35. The fourth-order valence-electron chi connectivity index (χ4n) is 2.79. The molecule has 0 radical (unpaired) electrons. The van der Waals surface area contributed by atoms with Gasteiger partial charge in [0.05, 0.1) is 0 Å². The van der Waals surface area contributed by atoms with E-state index in [4.69, 9.17) is 4.99 Å². The molecule has 0 saturated heterocycles. The van der Waals surface area contributed by atoms with Crippen LogP contribution < -0.4 is 10.6 Å². The number of hydrogen-bond donors (Lipinski definition) is 3. The van der Waals surface area contributed by atoms with Crippen molar-refractivity contribution < 1.29 is 5.11 Å². The number of aliphatic hydroxyl groups is 1. The van der Waals surface area contributed by atoms with Crippen LogP contribution in [0.1, 0.15) is 52.0 Å². The molecule has 0 aliphatic heterocycles. The van der Waals surface area contributed by atoms with Crippen LogP contribution in [0.15, 0.2) is 35.3 Å². The highest BCUT2D eigenvalue weighted by molar-refractivity contribution is 14.0. The smallest absolute Gasteiger partial charge is 0.191 e. The predicted octanol–water partition coefficient (Wildman–Crippen LogP) is 3.98. The molecular formula is C20H36IN3O. The number of aliphatic hydroxyl groups excluding tert-OH is 1. The fourth-order valence-corrected chi connectivity index (χ4v) is 2.79. The second kappa shape index (κ2) is 15.4. The lowest BCUT2D eigenvalue weighted by Crippen LogP contribution is -2.42. The lowest BCUT2D eigenvalue weighted by Gasteiger charge is -2.19. The van der Waals surface area contributed by atoms with Gasteiger partial charge in [-0.3, -0.25) is 4.99 Å². The summed E-state index contributed by atoms with van der Waals surface area (Å²) in [6, 6.07) is 11.0. The van der Waals surface area contributed by atoms with E-state index in [1.165, 1.54) is 5.56 Å². The predicted molar refractivity (Wildman–Crippen MR) is 119 cm³/mol.